The van der Waals surface area contributed by atoms with Gasteiger partial charge >= 0.3 is 6.18 Å². The summed E-state index contributed by atoms with van der Waals surface area (Å²) >= 11 is 0. The summed E-state index contributed by atoms with van der Waals surface area (Å²) in [6.07, 6.45) is -2.74. The molecule has 0 spiro atoms. The van der Waals surface area contributed by atoms with E-state index in [0.29, 0.717) is 31.7 Å². The normalized spacial score (nSPS) is 14.9. The zero-order chi connectivity index (χ0) is 20.4. The fourth-order valence-corrected chi connectivity index (χ4v) is 3.43. The molecule has 0 saturated carbocycles. The lowest BCUT2D eigenvalue weighted by Gasteiger charge is -2.36. The highest BCUT2D eigenvalue weighted by molar-refractivity contribution is 5.94. The number of nitrogens with zero attached hydrogens (tertiary/aromatic N) is 2. The van der Waals surface area contributed by atoms with Crippen molar-refractivity contribution >= 4 is 11.6 Å². The minimum absolute atomic E-state index is 0.0527. The van der Waals surface area contributed by atoms with Gasteiger partial charge in [-0.3, -0.25) is 4.79 Å². The standard InChI is InChI=1S/C22H19F3N2O2/c23-22(24,25)18-7-9-19(10-8-18)26-11-13-27(14-12-26)21(28)17-5-3-16(4-6-17)20-2-1-15-29-20/h1-10,15H,11-14H2. The maximum atomic E-state index is 12.8. The van der Waals surface area contributed by atoms with Crippen LogP contribution in [0.15, 0.2) is 71.3 Å². The van der Waals surface area contributed by atoms with Crippen LogP contribution in [0.3, 0.4) is 0 Å². The molecule has 4 nitrogen and oxygen atoms in total. The summed E-state index contributed by atoms with van der Waals surface area (Å²) in [5.41, 5.74) is 1.57. The molecule has 0 atom stereocenters. The molecule has 0 aliphatic carbocycles. The van der Waals surface area contributed by atoms with Crippen LogP contribution in [0.25, 0.3) is 11.3 Å². The molecule has 1 fully saturated rings. The molecule has 1 amide bonds. The van der Waals surface area contributed by atoms with Crippen molar-refractivity contribution in [2.75, 3.05) is 31.1 Å². The number of rotatable bonds is 3. The van der Waals surface area contributed by atoms with Gasteiger partial charge in [0.25, 0.3) is 5.91 Å². The van der Waals surface area contributed by atoms with Crippen LogP contribution >= 0.6 is 0 Å². The van der Waals surface area contributed by atoms with Gasteiger partial charge in [-0.05, 0) is 48.5 Å². The highest BCUT2D eigenvalue weighted by atomic mass is 19.4. The molecule has 4 rings (SSSR count). The molecule has 1 aromatic heterocycles. The molecule has 0 unspecified atom stereocenters. The van der Waals surface area contributed by atoms with E-state index in [2.05, 4.69) is 0 Å². The predicted molar refractivity (Wildman–Crippen MR) is 104 cm³/mol. The van der Waals surface area contributed by atoms with Crippen molar-refractivity contribution in [3.63, 3.8) is 0 Å². The fourth-order valence-electron chi connectivity index (χ4n) is 3.43. The van der Waals surface area contributed by atoms with Gasteiger partial charge in [-0.15, -0.1) is 0 Å². The molecule has 1 aliphatic rings. The Hall–Kier alpha value is -3.22. The molecule has 0 bridgehead atoms. The zero-order valence-electron chi connectivity index (χ0n) is 15.5. The average Bonchev–Trinajstić information content (AvgIpc) is 3.28. The van der Waals surface area contributed by atoms with Crippen molar-refractivity contribution in [1.82, 2.24) is 4.90 Å². The van der Waals surface area contributed by atoms with Crippen molar-refractivity contribution in [1.29, 1.82) is 0 Å². The molecule has 3 aromatic rings. The summed E-state index contributed by atoms with van der Waals surface area (Å²) < 4.78 is 43.5. The van der Waals surface area contributed by atoms with Gasteiger partial charge in [-0.1, -0.05) is 12.1 Å². The lowest BCUT2D eigenvalue weighted by Crippen LogP contribution is -2.48. The number of carbonyl (C=O) groups excluding carboxylic acids is 1. The van der Waals surface area contributed by atoms with E-state index in [4.69, 9.17) is 4.42 Å². The largest absolute Gasteiger partial charge is 0.464 e. The van der Waals surface area contributed by atoms with Crippen molar-refractivity contribution in [2.45, 2.75) is 6.18 Å². The molecular weight excluding hydrogens is 381 g/mol. The number of furan rings is 1. The van der Waals surface area contributed by atoms with Gasteiger partial charge in [-0.25, -0.2) is 0 Å². The number of hydrogen-bond acceptors (Lipinski definition) is 3. The van der Waals surface area contributed by atoms with Gasteiger partial charge in [0.1, 0.15) is 5.76 Å². The van der Waals surface area contributed by atoms with Crippen molar-refractivity contribution in [3.8, 4) is 11.3 Å². The lowest BCUT2D eigenvalue weighted by atomic mass is 10.1. The van der Waals surface area contributed by atoms with Crippen LogP contribution in [0, 0.1) is 0 Å². The van der Waals surface area contributed by atoms with E-state index < -0.39 is 11.7 Å². The molecule has 7 heteroatoms. The predicted octanol–water partition coefficient (Wildman–Crippen LogP) is 4.93. The number of carbonyl (C=O) groups is 1. The monoisotopic (exact) mass is 400 g/mol. The molecule has 150 valence electrons. The third-order valence-corrected chi connectivity index (χ3v) is 5.06. The first kappa shape index (κ1) is 19.1. The Labute approximate surface area is 166 Å². The van der Waals surface area contributed by atoms with Gasteiger partial charge in [-0.2, -0.15) is 13.2 Å². The number of alkyl halides is 3. The molecule has 2 heterocycles. The van der Waals surface area contributed by atoms with Crippen LogP contribution in [-0.4, -0.2) is 37.0 Å². The van der Waals surface area contributed by atoms with Crippen LogP contribution in [0.5, 0.6) is 0 Å². The van der Waals surface area contributed by atoms with Gasteiger partial charge < -0.3 is 14.2 Å². The quantitative estimate of drug-likeness (QED) is 0.626. The summed E-state index contributed by atoms with van der Waals surface area (Å²) in [5.74, 6) is 0.692. The highest BCUT2D eigenvalue weighted by Gasteiger charge is 2.30. The number of amides is 1. The third kappa shape index (κ3) is 4.13. The molecule has 1 saturated heterocycles. The van der Waals surface area contributed by atoms with Crippen LogP contribution in [-0.2, 0) is 6.18 Å². The Bertz CT molecular complexity index is 957. The fraction of sp³-hybridized carbons (Fsp3) is 0.227. The van der Waals surface area contributed by atoms with Crippen LogP contribution in [0.4, 0.5) is 18.9 Å². The number of benzene rings is 2. The molecule has 29 heavy (non-hydrogen) atoms. The van der Waals surface area contributed by atoms with Crippen LogP contribution in [0.1, 0.15) is 15.9 Å². The second-order valence-corrected chi connectivity index (χ2v) is 6.88. The average molecular weight is 400 g/mol. The highest BCUT2D eigenvalue weighted by Crippen LogP contribution is 2.30. The Morgan fingerprint density at radius 3 is 2.07 bits per heavy atom. The van der Waals surface area contributed by atoms with Gasteiger partial charge in [0.05, 0.1) is 11.8 Å². The second kappa shape index (κ2) is 7.66. The minimum Gasteiger partial charge on any atom is -0.464 e. The van der Waals surface area contributed by atoms with Crippen molar-refractivity contribution < 1.29 is 22.4 Å². The van der Waals surface area contributed by atoms with Gasteiger partial charge in [0, 0.05) is 43.0 Å². The molecule has 0 radical (unpaired) electrons. The number of hydrogen-bond donors (Lipinski definition) is 0. The topological polar surface area (TPSA) is 36.7 Å². The first-order valence-electron chi connectivity index (χ1n) is 9.27. The van der Waals surface area contributed by atoms with E-state index in [1.807, 2.05) is 29.2 Å². The van der Waals surface area contributed by atoms with Crippen molar-refractivity contribution in [2.24, 2.45) is 0 Å². The molecule has 1 aliphatic heterocycles. The Morgan fingerprint density at radius 2 is 1.52 bits per heavy atom. The summed E-state index contributed by atoms with van der Waals surface area (Å²) in [6.45, 7) is 2.17. The van der Waals surface area contributed by atoms with E-state index in [0.717, 1.165) is 29.1 Å². The van der Waals surface area contributed by atoms with E-state index >= 15 is 0 Å². The SMILES string of the molecule is O=C(c1ccc(-c2ccco2)cc1)N1CCN(c2ccc(C(F)(F)F)cc2)CC1. The van der Waals surface area contributed by atoms with E-state index in [1.54, 1.807) is 23.3 Å². The van der Waals surface area contributed by atoms with E-state index in [9.17, 15) is 18.0 Å². The third-order valence-electron chi connectivity index (χ3n) is 5.06. The van der Waals surface area contributed by atoms with Crippen LogP contribution < -0.4 is 4.90 Å². The second-order valence-electron chi connectivity index (χ2n) is 6.88. The summed E-state index contributed by atoms with van der Waals surface area (Å²) in [6, 6.07) is 16.1. The van der Waals surface area contributed by atoms with Crippen molar-refractivity contribution in [3.05, 3.63) is 78.1 Å². The first-order valence-corrected chi connectivity index (χ1v) is 9.27. The molecular formula is C22H19F3N2O2. The maximum Gasteiger partial charge on any atom is 0.416 e. The minimum atomic E-state index is -4.34. The van der Waals surface area contributed by atoms with E-state index in [1.165, 1.54) is 12.1 Å². The number of anilines is 1. The Morgan fingerprint density at radius 1 is 0.862 bits per heavy atom. The van der Waals surface area contributed by atoms with Gasteiger partial charge in [0.2, 0.25) is 0 Å². The smallest absolute Gasteiger partial charge is 0.416 e. The Balaban J connectivity index is 1.37. The number of piperazine rings is 1. The van der Waals surface area contributed by atoms with E-state index in [-0.39, 0.29) is 5.91 Å². The molecule has 0 N–H and O–H groups in total. The maximum absolute atomic E-state index is 12.8. The molecule has 2 aromatic carbocycles. The first-order chi connectivity index (χ1) is 13.9. The number of halogens is 3. The summed E-state index contributed by atoms with van der Waals surface area (Å²) in [7, 11) is 0. The zero-order valence-corrected chi connectivity index (χ0v) is 15.5. The summed E-state index contributed by atoms with van der Waals surface area (Å²) in [4.78, 5) is 16.5. The lowest BCUT2D eigenvalue weighted by molar-refractivity contribution is -0.137. The van der Waals surface area contributed by atoms with Crippen LogP contribution in [0.2, 0.25) is 0 Å². The Kier molecular flexibility index (Phi) is 5.05. The summed E-state index contributed by atoms with van der Waals surface area (Å²) in [5, 5.41) is 0. The van der Waals surface area contributed by atoms with Gasteiger partial charge in [0.15, 0.2) is 0 Å².